The van der Waals surface area contributed by atoms with Crippen LogP contribution in [0.25, 0.3) is 0 Å². The second kappa shape index (κ2) is 10.5. The van der Waals surface area contributed by atoms with Crippen LogP contribution in [0.2, 0.25) is 0 Å². The highest BCUT2D eigenvalue weighted by Gasteiger charge is 2.11. The number of thiophene rings is 1. The van der Waals surface area contributed by atoms with Crippen molar-refractivity contribution in [2.24, 2.45) is 0 Å². The van der Waals surface area contributed by atoms with E-state index >= 15 is 0 Å². The van der Waals surface area contributed by atoms with E-state index in [0.717, 1.165) is 16.1 Å². The van der Waals surface area contributed by atoms with Crippen molar-refractivity contribution in [1.29, 1.82) is 5.41 Å². The molecule has 1 amide bonds. The number of phenols is 1. The van der Waals surface area contributed by atoms with E-state index in [1.807, 2.05) is 41.8 Å². The number of hydrogen-bond donors (Lipinski definition) is 4. The second-order valence-corrected chi connectivity index (χ2v) is 7.01. The zero-order valence-electron chi connectivity index (χ0n) is 15.8. The van der Waals surface area contributed by atoms with Gasteiger partial charge in [0.1, 0.15) is 17.3 Å². The first-order valence-electron chi connectivity index (χ1n) is 8.70. The molecule has 3 rings (SSSR count). The molecule has 3 aromatic rings. The van der Waals surface area contributed by atoms with E-state index in [1.165, 1.54) is 30.6 Å². The summed E-state index contributed by atoms with van der Waals surface area (Å²) in [6.45, 7) is 0.447. The Hall–Kier alpha value is -3.03. The SMILES string of the molecule is COc1ccc(C(=O)NCCc2ccc(NC(=N)c3cccs3)cc2)c(O)c1.Cl. The lowest BCUT2D eigenvalue weighted by Crippen LogP contribution is -2.25. The molecular formula is C21H22ClN3O3S. The smallest absolute Gasteiger partial charge is 0.255 e. The molecule has 6 nitrogen and oxygen atoms in total. The van der Waals surface area contributed by atoms with E-state index in [0.29, 0.717) is 24.6 Å². The molecule has 8 heteroatoms. The van der Waals surface area contributed by atoms with Crippen LogP contribution >= 0.6 is 23.7 Å². The molecule has 0 fully saturated rings. The van der Waals surface area contributed by atoms with Gasteiger partial charge in [0.15, 0.2) is 0 Å². The monoisotopic (exact) mass is 431 g/mol. The van der Waals surface area contributed by atoms with Crippen molar-refractivity contribution in [2.45, 2.75) is 6.42 Å². The maximum Gasteiger partial charge on any atom is 0.255 e. The summed E-state index contributed by atoms with van der Waals surface area (Å²) < 4.78 is 5.01. The minimum absolute atomic E-state index is 0. The number of benzene rings is 2. The number of amidine groups is 1. The van der Waals surface area contributed by atoms with Gasteiger partial charge in [0.2, 0.25) is 0 Å². The summed E-state index contributed by atoms with van der Waals surface area (Å²) in [7, 11) is 1.50. The predicted octanol–water partition coefficient (Wildman–Crippen LogP) is 4.29. The van der Waals surface area contributed by atoms with Gasteiger partial charge in [-0.15, -0.1) is 23.7 Å². The maximum absolute atomic E-state index is 12.2. The van der Waals surface area contributed by atoms with Crippen molar-refractivity contribution in [3.05, 3.63) is 76.0 Å². The van der Waals surface area contributed by atoms with Crippen LogP contribution in [-0.4, -0.2) is 30.5 Å². The lowest BCUT2D eigenvalue weighted by Gasteiger charge is -2.09. The highest BCUT2D eigenvalue weighted by atomic mass is 35.5. The number of carbonyl (C=O) groups is 1. The van der Waals surface area contributed by atoms with Crippen molar-refractivity contribution in [3.8, 4) is 11.5 Å². The number of ether oxygens (including phenoxy) is 1. The summed E-state index contributed by atoms with van der Waals surface area (Å²) in [5, 5.41) is 25.8. The topological polar surface area (TPSA) is 94.4 Å². The molecule has 29 heavy (non-hydrogen) atoms. The van der Waals surface area contributed by atoms with Crippen LogP contribution in [0.5, 0.6) is 11.5 Å². The zero-order valence-corrected chi connectivity index (χ0v) is 17.4. The molecule has 0 radical (unpaired) electrons. The maximum atomic E-state index is 12.2. The predicted molar refractivity (Wildman–Crippen MR) is 119 cm³/mol. The molecule has 0 bridgehead atoms. The van der Waals surface area contributed by atoms with Gasteiger partial charge in [0.05, 0.1) is 17.6 Å². The van der Waals surface area contributed by atoms with E-state index < -0.39 is 0 Å². The van der Waals surface area contributed by atoms with E-state index in [2.05, 4.69) is 10.6 Å². The largest absolute Gasteiger partial charge is 0.507 e. The van der Waals surface area contributed by atoms with Crippen LogP contribution in [-0.2, 0) is 6.42 Å². The van der Waals surface area contributed by atoms with E-state index in [4.69, 9.17) is 10.1 Å². The molecule has 0 spiro atoms. The molecule has 0 aliphatic heterocycles. The molecule has 152 valence electrons. The minimum atomic E-state index is -0.331. The van der Waals surface area contributed by atoms with Gasteiger partial charge in [-0.2, -0.15) is 0 Å². The lowest BCUT2D eigenvalue weighted by atomic mass is 10.1. The molecule has 1 aromatic heterocycles. The molecule has 0 unspecified atom stereocenters. The van der Waals surface area contributed by atoms with Crippen LogP contribution in [0.4, 0.5) is 5.69 Å². The Labute approximate surface area is 179 Å². The van der Waals surface area contributed by atoms with Gasteiger partial charge in [-0.1, -0.05) is 18.2 Å². The average molecular weight is 432 g/mol. The zero-order chi connectivity index (χ0) is 19.9. The van der Waals surface area contributed by atoms with Crippen LogP contribution in [0.3, 0.4) is 0 Å². The third-order valence-corrected chi connectivity index (χ3v) is 5.03. The van der Waals surface area contributed by atoms with Crippen LogP contribution in [0.1, 0.15) is 20.8 Å². The summed E-state index contributed by atoms with van der Waals surface area (Å²) >= 11 is 1.52. The van der Waals surface area contributed by atoms with Crippen molar-refractivity contribution in [1.82, 2.24) is 5.32 Å². The summed E-state index contributed by atoms with van der Waals surface area (Å²) in [5.74, 6) is 0.424. The third kappa shape index (κ3) is 5.97. The van der Waals surface area contributed by atoms with Crippen LogP contribution < -0.4 is 15.4 Å². The average Bonchev–Trinajstić information content (AvgIpc) is 3.24. The minimum Gasteiger partial charge on any atom is -0.507 e. The number of aromatic hydroxyl groups is 1. The van der Waals surface area contributed by atoms with Gasteiger partial charge in [-0.3, -0.25) is 10.2 Å². The normalized spacial score (nSPS) is 9.97. The second-order valence-electron chi connectivity index (χ2n) is 6.06. The van der Waals surface area contributed by atoms with Gasteiger partial charge < -0.3 is 20.5 Å². The Morgan fingerprint density at radius 2 is 1.93 bits per heavy atom. The molecule has 0 saturated heterocycles. The Kier molecular flexibility index (Phi) is 8.06. The number of rotatable bonds is 7. The van der Waals surface area contributed by atoms with Gasteiger partial charge >= 0.3 is 0 Å². The molecule has 0 atom stereocenters. The number of anilines is 1. The highest BCUT2D eigenvalue weighted by molar-refractivity contribution is 7.12. The summed E-state index contributed by atoms with van der Waals surface area (Å²) in [4.78, 5) is 13.1. The molecular weight excluding hydrogens is 410 g/mol. The number of methoxy groups -OCH3 is 1. The highest BCUT2D eigenvalue weighted by Crippen LogP contribution is 2.23. The number of amides is 1. The standard InChI is InChI=1S/C21H21N3O3S.ClH/c1-27-16-8-9-17(18(25)13-16)21(26)23-11-10-14-4-6-15(7-5-14)24-20(22)19-3-2-12-28-19;/h2-9,12-13,25H,10-11H2,1H3,(H2,22,24)(H,23,26);1H. The Bertz CT molecular complexity index is 960. The Balaban J connectivity index is 0.00000300. The fraction of sp³-hybridized carbons (Fsp3) is 0.143. The van der Waals surface area contributed by atoms with E-state index in [-0.39, 0.29) is 29.6 Å². The number of phenolic OH excluding ortho intramolecular Hbond substituents is 1. The fourth-order valence-electron chi connectivity index (χ4n) is 2.63. The number of carbonyl (C=O) groups excluding carboxylic acids is 1. The van der Waals surface area contributed by atoms with Crippen LogP contribution in [0, 0.1) is 5.41 Å². The molecule has 0 aliphatic rings. The number of hydrogen-bond acceptors (Lipinski definition) is 5. The van der Waals surface area contributed by atoms with Crippen LogP contribution in [0.15, 0.2) is 60.0 Å². The summed E-state index contributed by atoms with van der Waals surface area (Å²) in [6, 6.07) is 16.1. The Morgan fingerprint density at radius 3 is 2.55 bits per heavy atom. The summed E-state index contributed by atoms with van der Waals surface area (Å²) in [5.41, 5.74) is 2.12. The number of nitrogens with one attached hydrogen (secondary N) is 3. The first kappa shape index (κ1) is 22.3. The van der Waals surface area contributed by atoms with E-state index in [9.17, 15) is 9.90 Å². The van der Waals surface area contributed by atoms with Gasteiger partial charge in [0, 0.05) is 18.3 Å². The fourth-order valence-corrected chi connectivity index (χ4v) is 3.26. The molecule has 2 aromatic carbocycles. The van der Waals surface area contributed by atoms with Crippen molar-refractivity contribution >= 4 is 41.2 Å². The third-order valence-electron chi connectivity index (χ3n) is 4.14. The lowest BCUT2D eigenvalue weighted by molar-refractivity contribution is 0.0951. The molecule has 0 saturated carbocycles. The molecule has 1 heterocycles. The Morgan fingerprint density at radius 1 is 1.17 bits per heavy atom. The van der Waals surface area contributed by atoms with Gasteiger partial charge in [0.25, 0.3) is 5.91 Å². The van der Waals surface area contributed by atoms with E-state index in [1.54, 1.807) is 6.07 Å². The van der Waals surface area contributed by atoms with Gasteiger partial charge in [-0.05, 0) is 47.7 Å². The number of halogens is 1. The van der Waals surface area contributed by atoms with Gasteiger partial charge in [-0.25, -0.2) is 0 Å². The molecule has 0 aliphatic carbocycles. The quantitative estimate of drug-likeness (QED) is 0.331. The molecule has 4 N–H and O–H groups in total. The van der Waals surface area contributed by atoms with Crippen molar-refractivity contribution < 1.29 is 14.6 Å². The van der Waals surface area contributed by atoms with Crippen molar-refractivity contribution in [3.63, 3.8) is 0 Å². The first-order chi connectivity index (χ1) is 13.6. The van der Waals surface area contributed by atoms with Crippen molar-refractivity contribution in [2.75, 3.05) is 19.0 Å². The summed E-state index contributed by atoms with van der Waals surface area (Å²) in [6.07, 6.45) is 0.658. The first-order valence-corrected chi connectivity index (χ1v) is 9.58.